The van der Waals surface area contributed by atoms with Crippen LogP contribution in [-0.2, 0) is 11.3 Å². The Hall–Kier alpha value is -1.43. The maximum absolute atomic E-state index is 11.1. The molecule has 6 heteroatoms. The summed E-state index contributed by atoms with van der Waals surface area (Å²) < 4.78 is 1.98. The molecule has 0 radical (unpaired) electrons. The molecule has 1 aliphatic rings. The normalized spacial score (nSPS) is 23.3. The molecule has 1 amide bonds. The molecule has 0 aliphatic heterocycles. The average molecular weight is 265 g/mol. The van der Waals surface area contributed by atoms with Crippen LogP contribution in [0.2, 0.25) is 0 Å². The number of nitrogens with two attached hydrogens (primary N) is 1. The minimum atomic E-state index is -0.168. The fourth-order valence-electron chi connectivity index (χ4n) is 2.83. The van der Waals surface area contributed by atoms with Gasteiger partial charge in [-0.25, -0.2) is 4.68 Å². The molecule has 1 saturated carbocycles. The molecule has 106 valence electrons. The van der Waals surface area contributed by atoms with Gasteiger partial charge in [0.15, 0.2) is 0 Å². The van der Waals surface area contributed by atoms with Crippen LogP contribution in [0.25, 0.3) is 0 Å². The lowest BCUT2D eigenvalue weighted by atomic mass is 9.83. The van der Waals surface area contributed by atoms with Gasteiger partial charge in [0.1, 0.15) is 5.69 Å². The molecule has 2 rings (SSSR count). The highest BCUT2D eigenvalue weighted by atomic mass is 16.1. The summed E-state index contributed by atoms with van der Waals surface area (Å²) in [5.74, 6) is 0.528. The van der Waals surface area contributed by atoms with E-state index < -0.39 is 0 Å². The lowest BCUT2D eigenvalue weighted by Crippen LogP contribution is -2.29. The van der Waals surface area contributed by atoms with Crippen LogP contribution in [0.3, 0.4) is 0 Å². The van der Waals surface area contributed by atoms with E-state index in [1.54, 1.807) is 0 Å². The van der Waals surface area contributed by atoms with Crippen LogP contribution in [0.1, 0.15) is 50.8 Å². The van der Waals surface area contributed by atoms with Gasteiger partial charge in [-0.2, -0.15) is 0 Å². The minimum absolute atomic E-state index is 0.00860. The number of carbonyl (C=O) groups excluding carboxylic acids is 1. The van der Waals surface area contributed by atoms with Crippen molar-refractivity contribution in [2.75, 3.05) is 6.54 Å². The van der Waals surface area contributed by atoms with Crippen molar-refractivity contribution in [3.05, 3.63) is 11.9 Å². The van der Waals surface area contributed by atoms with Crippen LogP contribution >= 0.6 is 0 Å². The maximum Gasteiger partial charge on any atom is 0.234 e. The van der Waals surface area contributed by atoms with Crippen molar-refractivity contribution in [2.24, 2.45) is 11.7 Å². The monoisotopic (exact) mass is 265 g/mol. The quantitative estimate of drug-likeness (QED) is 0.831. The summed E-state index contributed by atoms with van der Waals surface area (Å²) in [7, 11) is 0. The first-order chi connectivity index (χ1) is 9.24. The highest BCUT2D eigenvalue weighted by Gasteiger charge is 2.26. The highest BCUT2D eigenvalue weighted by molar-refractivity contribution is 5.77. The van der Waals surface area contributed by atoms with E-state index in [9.17, 15) is 4.79 Å². The number of amides is 1. The fourth-order valence-corrected chi connectivity index (χ4v) is 2.83. The van der Waals surface area contributed by atoms with E-state index in [-0.39, 0.29) is 12.5 Å². The number of hydrogen-bond acceptors (Lipinski definition) is 4. The topological polar surface area (TPSA) is 85.8 Å². The predicted octanol–water partition coefficient (Wildman–Crippen LogP) is 0.994. The summed E-state index contributed by atoms with van der Waals surface area (Å²) in [4.78, 5) is 11.1. The van der Waals surface area contributed by atoms with Gasteiger partial charge in [-0.05, 0) is 18.8 Å². The second-order valence-electron chi connectivity index (χ2n) is 5.19. The van der Waals surface area contributed by atoms with Crippen LogP contribution in [0, 0.1) is 5.92 Å². The first kappa shape index (κ1) is 14.0. The van der Waals surface area contributed by atoms with Crippen LogP contribution in [0.5, 0.6) is 0 Å². The third-order valence-electron chi connectivity index (χ3n) is 3.94. The second kappa shape index (κ2) is 6.65. The molecule has 1 aromatic heterocycles. The Morgan fingerprint density at radius 1 is 1.53 bits per heavy atom. The molecule has 1 aromatic rings. The first-order valence-corrected chi connectivity index (χ1v) is 7.12. The standard InChI is InChI=1S/C13H23N5O/c1-2-10-5-3-4-6-12(10)18-9-11(16-17-18)8-15-13(19)7-14/h9-10,12H,2-8,14H2,1H3,(H,15,19). The molecule has 19 heavy (non-hydrogen) atoms. The van der Waals surface area contributed by atoms with Gasteiger partial charge in [0, 0.05) is 0 Å². The smallest absolute Gasteiger partial charge is 0.234 e. The fraction of sp³-hybridized carbons (Fsp3) is 0.769. The molecule has 1 aliphatic carbocycles. The largest absolute Gasteiger partial charge is 0.349 e. The number of hydrogen-bond donors (Lipinski definition) is 2. The Kier molecular flexibility index (Phi) is 4.90. The SMILES string of the molecule is CCC1CCCCC1n1cc(CNC(=O)CN)nn1. The van der Waals surface area contributed by atoms with E-state index in [4.69, 9.17) is 5.73 Å². The number of aromatic nitrogens is 3. The van der Waals surface area contributed by atoms with E-state index in [1.165, 1.54) is 32.1 Å². The maximum atomic E-state index is 11.1. The van der Waals surface area contributed by atoms with E-state index in [1.807, 2.05) is 10.9 Å². The third-order valence-corrected chi connectivity index (χ3v) is 3.94. The lowest BCUT2D eigenvalue weighted by molar-refractivity contribution is -0.119. The molecule has 3 N–H and O–H groups in total. The number of rotatable bonds is 5. The van der Waals surface area contributed by atoms with Gasteiger partial charge in [-0.3, -0.25) is 4.79 Å². The Morgan fingerprint density at radius 2 is 2.32 bits per heavy atom. The summed E-state index contributed by atoms with van der Waals surface area (Å²) >= 11 is 0. The zero-order valence-electron chi connectivity index (χ0n) is 11.5. The van der Waals surface area contributed by atoms with Crippen LogP contribution in [0.4, 0.5) is 0 Å². The number of nitrogens with one attached hydrogen (secondary N) is 1. The molecule has 1 heterocycles. The van der Waals surface area contributed by atoms with Crippen molar-refractivity contribution >= 4 is 5.91 Å². The molecule has 0 bridgehead atoms. The van der Waals surface area contributed by atoms with Crippen LogP contribution in [-0.4, -0.2) is 27.4 Å². The Labute approximate surface area is 113 Å². The molecule has 0 spiro atoms. The van der Waals surface area contributed by atoms with E-state index in [0.717, 1.165) is 5.69 Å². The lowest BCUT2D eigenvalue weighted by Gasteiger charge is -2.30. The van der Waals surface area contributed by atoms with E-state index >= 15 is 0 Å². The van der Waals surface area contributed by atoms with Crippen LogP contribution < -0.4 is 11.1 Å². The van der Waals surface area contributed by atoms with Crippen molar-refractivity contribution < 1.29 is 4.79 Å². The van der Waals surface area contributed by atoms with Gasteiger partial charge < -0.3 is 11.1 Å². The summed E-state index contributed by atoms with van der Waals surface area (Å²) in [6.45, 7) is 2.65. The van der Waals surface area contributed by atoms with Gasteiger partial charge in [-0.15, -0.1) is 5.10 Å². The molecule has 0 aromatic carbocycles. The highest BCUT2D eigenvalue weighted by Crippen LogP contribution is 2.35. The van der Waals surface area contributed by atoms with Gasteiger partial charge in [0.05, 0.1) is 25.3 Å². The van der Waals surface area contributed by atoms with Crippen molar-refractivity contribution in [1.29, 1.82) is 0 Å². The molecule has 2 unspecified atom stereocenters. The van der Waals surface area contributed by atoms with Crippen molar-refractivity contribution in [3.63, 3.8) is 0 Å². The van der Waals surface area contributed by atoms with Crippen molar-refractivity contribution in [1.82, 2.24) is 20.3 Å². The van der Waals surface area contributed by atoms with Gasteiger partial charge >= 0.3 is 0 Å². The predicted molar refractivity (Wildman–Crippen MR) is 72.2 cm³/mol. The van der Waals surface area contributed by atoms with Gasteiger partial charge in [-0.1, -0.05) is 31.4 Å². The van der Waals surface area contributed by atoms with E-state index in [2.05, 4.69) is 22.6 Å². The number of carbonyl (C=O) groups is 1. The first-order valence-electron chi connectivity index (χ1n) is 7.12. The van der Waals surface area contributed by atoms with Crippen molar-refractivity contribution in [3.8, 4) is 0 Å². The van der Waals surface area contributed by atoms with Crippen LogP contribution in [0.15, 0.2) is 6.20 Å². The molecule has 6 nitrogen and oxygen atoms in total. The zero-order valence-corrected chi connectivity index (χ0v) is 11.5. The van der Waals surface area contributed by atoms with Gasteiger partial charge in [0.25, 0.3) is 0 Å². The Balaban J connectivity index is 1.97. The summed E-state index contributed by atoms with van der Waals surface area (Å²) in [5.41, 5.74) is 6.03. The molecule has 0 saturated heterocycles. The Morgan fingerprint density at radius 3 is 3.05 bits per heavy atom. The third kappa shape index (κ3) is 3.53. The summed E-state index contributed by atoms with van der Waals surface area (Å²) in [6.07, 6.45) is 8.18. The second-order valence-corrected chi connectivity index (χ2v) is 5.19. The Bertz CT molecular complexity index is 417. The minimum Gasteiger partial charge on any atom is -0.349 e. The molecule has 2 atom stereocenters. The molecule has 1 fully saturated rings. The zero-order chi connectivity index (χ0) is 13.7. The molecular formula is C13H23N5O. The molecular weight excluding hydrogens is 242 g/mol. The summed E-state index contributed by atoms with van der Waals surface area (Å²) in [6, 6.07) is 0.463. The average Bonchev–Trinajstić information content (AvgIpc) is 2.93. The van der Waals surface area contributed by atoms with E-state index in [0.29, 0.717) is 18.5 Å². The summed E-state index contributed by atoms with van der Waals surface area (Å²) in [5, 5.41) is 11.1. The van der Waals surface area contributed by atoms with Gasteiger partial charge in [0.2, 0.25) is 5.91 Å². The number of nitrogens with zero attached hydrogens (tertiary/aromatic N) is 3. The van der Waals surface area contributed by atoms with Crippen molar-refractivity contribution in [2.45, 2.75) is 51.6 Å².